The zero-order valence-corrected chi connectivity index (χ0v) is 14.2. The summed E-state index contributed by atoms with van der Waals surface area (Å²) in [6.45, 7) is -0.261. The lowest BCUT2D eigenvalue weighted by Gasteiger charge is -2.30. The van der Waals surface area contributed by atoms with Crippen molar-refractivity contribution < 1.29 is 14.4 Å². The van der Waals surface area contributed by atoms with Gasteiger partial charge in [0, 0.05) is 10.2 Å². The second kappa shape index (κ2) is 6.31. The molecule has 1 aliphatic carbocycles. The second-order valence-corrected chi connectivity index (χ2v) is 6.93. The molecule has 122 valence electrons. The summed E-state index contributed by atoms with van der Waals surface area (Å²) in [7, 11) is 0. The first-order valence-corrected chi connectivity index (χ1v) is 8.49. The average Bonchev–Trinajstić information content (AvgIpc) is 2.75. The second-order valence-electron chi connectivity index (χ2n) is 6.02. The van der Waals surface area contributed by atoms with Gasteiger partial charge in [-0.05, 0) is 37.1 Å². The first kappa shape index (κ1) is 16.0. The molecule has 2 fully saturated rings. The van der Waals surface area contributed by atoms with E-state index in [1.807, 2.05) is 0 Å². The smallest absolute Gasteiger partial charge is 0.325 e. The van der Waals surface area contributed by atoms with Crippen molar-refractivity contribution in [2.45, 2.75) is 37.6 Å². The van der Waals surface area contributed by atoms with Gasteiger partial charge in [-0.3, -0.25) is 14.5 Å². The van der Waals surface area contributed by atoms with Crippen LogP contribution in [0.15, 0.2) is 28.7 Å². The van der Waals surface area contributed by atoms with E-state index < -0.39 is 11.6 Å². The number of rotatable bonds is 3. The van der Waals surface area contributed by atoms with E-state index in [1.165, 1.54) is 0 Å². The first-order chi connectivity index (χ1) is 11.0. The van der Waals surface area contributed by atoms with E-state index >= 15 is 0 Å². The van der Waals surface area contributed by atoms with Crippen LogP contribution >= 0.6 is 15.9 Å². The first-order valence-electron chi connectivity index (χ1n) is 7.70. The molecule has 0 radical (unpaired) electrons. The van der Waals surface area contributed by atoms with Crippen LogP contribution in [-0.2, 0) is 9.59 Å². The summed E-state index contributed by atoms with van der Waals surface area (Å²) in [5, 5.41) is 5.49. The topological polar surface area (TPSA) is 78.5 Å². The van der Waals surface area contributed by atoms with Gasteiger partial charge in [0.25, 0.3) is 5.91 Å². The van der Waals surface area contributed by atoms with Crippen LogP contribution in [0, 0.1) is 0 Å². The molecule has 0 aromatic heterocycles. The van der Waals surface area contributed by atoms with Crippen LogP contribution in [0.25, 0.3) is 0 Å². The van der Waals surface area contributed by atoms with Gasteiger partial charge < -0.3 is 10.6 Å². The van der Waals surface area contributed by atoms with Crippen molar-refractivity contribution in [3.05, 3.63) is 28.7 Å². The van der Waals surface area contributed by atoms with Crippen molar-refractivity contribution >= 4 is 39.5 Å². The molecule has 0 atom stereocenters. The van der Waals surface area contributed by atoms with E-state index in [2.05, 4.69) is 26.6 Å². The Bertz CT molecular complexity index is 638. The predicted molar refractivity (Wildman–Crippen MR) is 88.8 cm³/mol. The lowest BCUT2D eigenvalue weighted by Crippen LogP contribution is -2.48. The summed E-state index contributed by atoms with van der Waals surface area (Å²) in [4.78, 5) is 37.8. The highest BCUT2D eigenvalue weighted by atomic mass is 79.9. The Morgan fingerprint density at radius 3 is 2.48 bits per heavy atom. The minimum absolute atomic E-state index is 0.261. The van der Waals surface area contributed by atoms with Gasteiger partial charge in [0.1, 0.15) is 12.1 Å². The molecular formula is C16H18BrN3O3. The number of halogens is 1. The van der Waals surface area contributed by atoms with Crippen molar-refractivity contribution in [2.75, 3.05) is 11.9 Å². The zero-order valence-electron chi connectivity index (χ0n) is 12.6. The highest BCUT2D eigenvalue weighted by Crippen LogP contribution is 2.33. The Labute approximate surface area is 142 Å². The van der Waals surface area contributed by atoms with Crippen LogP contribution in [0.1, 0.15) is 32.1 Å². The number of imide groups is 1. The number of amides is 4. The fraction of sp³-hybridized carbons (Fsp3) is 0.438. The van der Waals surface area contributed by atoms with Crippen LogP contribution in [0.2, 0.25) is 0 Å². The number of hydrogen-bond acceptors (Lipinski definition) is 3. The molecule has 7 heteroatoms. The van der Waals surface area contributed by atoms with Gasteiger partial charge in [0.05, 0.1) is 0 Å². The molecular weight excluding hydrogens is 362 g/mol. The van der Waals surface area contributed by atoms with E-state index in [-0.39, 0.29) is 18.4 Å². The summed E-state index contributed by atoms with van der Waals surface area (Å²) >= 11 is 3.32. The maximum Gasteiger partial charge on any atom is 0.325 e. The molecule has 1 aromatic carbocycles. The summed E-state index contributed by atoms with van der Waals surface area (Å²) in [5.74, 6) is -0.656. The fourth-order valence-corrected chi connectivity index (χ4v) is 3.46. The minimum Gasteiger partial charge on any atom is -0.325 e. The molecule has 23 heavy (non-hydrogen) atoms. The van der Waals surface area contributed by atoms with Crippen LogP contribution in [0.3, 0.4) is 0 Å². The van der Waals surface area contributed by atoms with Crippen molar-refractivity contribution in [3.8, 4) is 0 Å². The third kappa shape index (κ3) is 3.24. The Morgan fingerprint density at radius 2 is 1.83 bits per heavy atom. The molecule has 1 aromatic rings. The molecule has 0 bridgehead atoms. The molecule has 1 saturated heterocycles. The summed E-state index contributed by atoms with van der Waals surface area (Å²) in [5.41, 5.74) is -0.162. The molecule has 6 nitrogen and oxygen atoms in total. The number of anilines is 1. The average molecular weight is 380 g/mol. The van der Waals surface area contributed by atoms with E-state index in [1.54, 1.807) is 24.3 Å². The monoisotopic (exact) mass is 379 g/mol. The van der Waals surface area contributed by atoms with Crippen molar-refractivity contribution in [3.63, 3.8) is 0 Å². The molecule has 1 heterocycles. The number of nitrogens with zero attached hydrogens (tertiary/aromatic N) is 1. The third-order valence-electron chi connectivity index (χ3n) is 4.38. The van der Waals surface area contributed by atoms with Crippen LogP contribution in [-0.4, -0.2) is 34.8 Å². The Hall–Kier alpha value is -1.89. The maximum absolute atomic E-state index is 12.6. The minimum atomic E-state index is -0.784. The van der Waals surface area contributed by atoms with Crippen molar-refractivity contribution in [1.82, 2.24) is 10.2 Å². The molecule has 3 rings (SSSR count). The van der Waals surface area contributed by atoms with Crippen LogP contribution in [0.5, 0.6) is 0 Å². The SMILES string of the molecule is O=C(CN1C(=O)NC2(CCCCC2)C1=O)Nc1ccc(Br)cc1. The maximum atomic E-state index is 12.6. The van der Waals surface area contributed by atoms with Crippen LogP contribution in [0.4, 0.5) is 10.5 Å². The lowest BCUT2D eigenvalue weighted by atomic mass is 9.82. The lowest BCUT2D eigenvalue weighted by molar-refractivity contribution is -0.134. The van der Waals surface area contributed by atoms with Gasteiger partial charge in [0.15, 0.2) is 0 Å². The van der Waals surface area contributed by atoms with Gasteiger partial charge in [-0.2, -0.15) is 0 Å². The Balaban J connectivity index is 1.65. The van der Waals surface area contributed by atoms with E-state index in [0.717, 1.165) is 28.6 Å². The van der Waals surface area contributed by atoms with Gasteiger partial charge in [-0.15, -0.1) is 0 Å². The summed E-state index contributed by atoms with van der Waals surface area (Å²) in [6.07, 6.45) is 4.23. The van der Waals surface area contributed by atoms with Gasteiger partial charge in [-0.1, -0.05) is 35.2 Å². The number of benzene rings is 1. The van der Waals surface area contributed by atoms with Gasteiger partial charge >= 0.3 is 6.03 Å². The number of carbonyl (C=O) groups excluding carboxylic acids is 3. The molecule has 2 N–H and O–H groups in total. The van der Waals surface area contributed by atoms with Gasteiger partial charge in [-0.25, -0.2) is 4.79 Å². The van der Waals surface area contributed by atoms with Gasteiger partial charge in [0.2, 0.25) is 5.91 Å². The number of urea groups is 1. The number of carbonyl (C=O) groups is 3. The Kier molecular flexibility index (Phi) is 4.39. The standard InChI is InChI=1S/C16H18BrN3O3/c17-11-4-6-12(7-5-11)18-13(21)10-20-14(22)16(19-15(20)23)8-2-1-3-9-16/h4-7H,1-3,8-10H2,(H,18,21)(H,19,23). The van der Waals surface area contributed by atoms with E-state index in [9.17, 15) is 14.4 Å². The van der Waals surface area contributed by atoms with Crippen LogP contribution < -0.4 is 10.6 Å². The largest absolute Gasteiger partial charge is 0.325 e. The number of hydrogen-bond donors (Lipinski definition) is 2. The van der Waals surface area contributed by atoms with Crippen molar-refractivity contribution in [2.24, 2.45) is 0 Å². The predicted octanol–water partition coefficient (Wildman–Crippen LogP) is 2.64. The quantitative estimate of drug-likeness (QED) is 0.792. The summed E-state index contributed by atoms with van der Waals surface area (Å²) in [6, 6.07) is 6.64. The van der Waals surface area contributed by atoms with E-state index in [0.29, 0.717) is 18.5 Å². The fourth-order valence-electron chi connectivity index (χ4n) is 3.19. The summed E-state index contributed by atoms with van der Waals surface area (Å²) < 4.78 is 0.906. The normalized spacial score (nSPS) is 19.8. The molecule has 1 saturated carbocycles. The number of nitrogens with one attached hydrogen (secondary N) is 2. The molecule has 2 aliphatic rings. The Morgan fingerprint density at radius 1 is 1.17 bits per heavy atom. The molecule has 1 aliphatic heterocycles. The third-order valence-corrected chi connectivity index (χ3v) is 4.91. The molecule has 4 amide bonds. The molecule has 1 spiro atoms. The molecule has 0 unspecified atom stereocenters. The zero-order chi connectivity index (χ0) is 16.4. The highest BCUT2D eigenvalue weighted by molar-refractivity contribution is 9.10. The highest BCUT2D eigenvalue weighted by Gasteiger charge is 2.51. The van der Waals surface area contributed by atoms with Crippen molar-refractivity contribution in [1.29, 1.82) is 0 Å². The van der Waals surface area contributed by atoms with E-state index in [4.69, 9.17) is 0 Å².